The van der Waals surface area contributed by atoms with Gasteiger partial charge in [-0.15, -0.1) is 4.37 Å². The van der Waals surface area contributed by atoms with Gasteiger partial charge in [-0.2, -0.15) is 4.37 Å². The highest BCUT2D eigenvalue weighted by Crippen LogP contribution is 2.30. The summed E-state index contributed by atoms with van der Waals surface area (Å²) in [5, 5.41) is 0. The molecule has 37 heavy (non-hydrogen) atoms. The molecule has 0 saturated carbocycles. The second kappa shape index (κ2) is 20.6. The number of unbranched alkanes of at least 4 members (excludes halogenated alkanes) is 12. The van der Waals surface area contributed by atoms with Gasteiger partial charge in [-0.3, -0.25) is 4.48 Å². The summed E-state index contributed by atoms with van der Waals surface area (Å²) >= 11 is 1.19. The van der Waals surface area contributed by atoms with Gasteiger partial charge in [-0.25, -0.2) is 4.79 Å². The van der Waals surface area contributed by atoms with Gasteiger partial charge in [0.15, 0.2) is 0 Å². The third-order valence-corrected chi connectivity index (χ3v) is 7.33. The molecule has 2 heterocycles. The molecule has 214 valence electrons. The van der Waals surface area contributed by atoms with E-state index in [1.165, 1.54) is 82.4 Å². The first kappa shape index (κ1) is 33.6. The van der Waals surface area contributed by atoms with Crippen molar-refractivity contribution in [2.45, 2.75) is 110 Å². The van der Waals surface area contributed by atoms with Crippen LogP contribution in [0, 0.1) is 0 Å². The zero-order valence-electron chi connectivity index (χ0n) is 23.5. The molecule has 0 aromatic carbocycles. The van der Waals surface area contributed by atoms with Gasteiger partial charge >= 0.3 is 6.16 Å². The van der Waals surface area contributed by atoms with Crippen LogP contribution in [-0.2, 0) is 9.47 Å². The average Bonchev–Trinajstić information content (AvgIpc) is 3.35. The van der Waals surface area contributed by atoms with Crippen LogP contribution in [0.25, 0.3) is 5.57 Å². The topological polar surface area (TPSA) is 70.5 Å². The Bertz CT molecular complexity index is 762. The predicted molar refractivity (Wildman–Crippen MR) is 147 cm³/mol. The van der Waals surface area contributed by atoms with E-state index in [2.05, 4.69) is 35.7 Å². The minimum Gasteiger partial charge on any atom is -1.00 e. The molecule has 0 spiro atoms. The lowest BCUT2D eigenvalue weighted by molar-refractivity contribution is -0.919. The van der Waals surface area contributed by atoms with Crippen molar-refractivity contribution < 1.29 is 35.9 Å². The second-order valence-electron chi connectivity index (χ2n) is 10.4. The highest BCUT2D eigenvalue weighted by atomic mass is 35.5. The van der Waals surface area contributed by atoms with Gasteiger partial charge < -0.3 is 26.6 Å². The lowest BCUT2D eigenvalue weighted by Gasteiger charge is -2.36. The number of halogens is 1. The van der Waals surface area contributed by atoms with Crippen molar-refractivity contribution >= 4 is 23.5 Å². The minimum absolute atomic E-state index is 0. The third-order valence-electron chi connectivity index (χ3n) is 6.82. The van der Waals surface area contributed by atoms with Gasteiger partial charge in [0, 0.05) is 12.0 Å². The van der Waals surface area contributed by atoms with Crippen LogP contribution in [0.15, 0.2) is 6.08 Å². The van der Waals surface area contributed by atoms with E-state index in [0.29, 0.717) is 30.3 Å². The van der Waals surface area contributed by atoms with Crippen molar-refractivity contribution in [3.63, 3.8) is 0 Å². The van der Waals surface area contributed by atoms with E-state index in [9.17, 15) is 4.79 Å². The largest absolute Gasteiger partial charge is 1.00 e. The zero-order valence-corrected chi connectivity index (χ0v) is 25.1. The first-order valence-corrected chi connectivity index (χ1v) is 15.1. The van der Waals surface area contributed by atoms with Gasteiger partial charge in [0.1, 0.15) is 12.2 Å². The number of carbonyl (C=O) groups is 1. The molecular weight excluding hydrogens is 510 g/mol. The van der Waals surface area contributed by atoms with E-state index in [1.807, 2.05) is 0 Å². The molecule has 0 aliphatic carbocycles. The van der Waals surface area contributed by atoms with Gasteiger partial charge in [0.25, 0.3) is 5.88 Å². The maximum absolute atomic E-state index is 12.1. The summed E-state index contributed by atoms with van der Waals surface area (Å²) in [7, 11) is 2.10. The van der Waals surface area contributed by atoms with Crippen molar-refractivity contribution in [3.8, 4) is 5.88 Å². The number of rotatable bonds is 20. The fraction of sp³-hybridized carbons (Fsp3) is 0.821. The van der Waals surface area contributed by atoms with Crippen molar-refractivity contribution in [1.29, 1.82) is 0 Å². The predicted octanol–water partition coefficient (Wildman–Crippen LogP) is 4.77. The fourth-order valence-corrected chi connectivity index (χ4v) is 5.08. The van der Waals surface area contributed by atoms with E-state index >= 15 is 0 Å². The molecular formula is C28H50ClN3O4S. The Hall–Kier alpha value is -1.38. The number of quaternary nitrogens is 1. The first-order chi connectivity index (χ1) is 17.6. The highest BCUT2D eigenvalue weighted by Gasteiger charge is 2.31. The molecule has 2 rings (SSSR count). The molecule has 1 aliphatic heterocycles. The van der Waals surface area contributed by atoms with Crippen molar-refractivity contribution in [3.05, 3.63) is 11.8 Å². The molecule has 0 radical (unpaired) electrons. The van der Waals surface area contributed by atoms with E-state index in [4.69, 9.17) is 14.2 Å². The van der Waals surface area contributed by atoms with Gasteiger partial charge in [-0.1, -0.05) is 97.0 Å². The zero-order chi connectivity index (χ0) is 25.9. The Morgan fingerprint density at radius 2 is 1.46 bits per heavy atom. The fourth-order valence-electron chi connectivity index (χ4n) is 4.55. The Kier molecular flexibility index (Phi) is 18.7. The van der Waals surface area contributed by atoms with Crippen LogP contribution in [-0.4, -0.2) is 59.5 Å². The molecule has 0 bridgehead atoms. The summed E-state index contributed by atoms with van der Waals surface area (Å²) < 4.78 is 26.2. The summed E-state index contributed by atoms with van der Waals surface area (Å²) in [5.74, 6) is 0.632. The smallest absolute Gasteiger partial charge is 0.512 e. The molecule has 1 aromatic heterocycles. The van der Waals surface area contributed by atoms with Crippen LogP contribution in [0.1, 0.15) is 116 Å². The second-order valence-corrected chi connectivity index (χ2v) is 10.9. The van der Waals surface area contributed by atoms with E-state index in [-0.39, 0.29) is 12.4 Å². The van der Waals surface area contributed by atoms with Crippen LogP contribution < -0.4 is 17.1 Å². The number of hydrogen-bond acceptors (Lipinski definition) is 7. The Labute approximate surface area is 235 Å². The summed E-state index contributed by atoms with van der Waals surface area (Å²) in [6, 6.07) is 0. The Balaban J connectivity index is 0.00000684. The monoisotopic (exact) mass is 559 g/mol. The van der Waals surface area contributed by atoms with Crippen LogP contribution in [0.3, 0.4) is 0 Å². The maximum atomic E-state index is 12.1. The number of likely N-dealkylation sites (N-methyl/N-ethyl adjacent to an activating group) is 1. The molecule has 0 saturated heterocycles. The SMILES string of the molecule is CCCCCCCCCCCCOC(=O)OC[N+]1(C)CCC=C(c2nsnc2OCCCCCC)C1.[Cl-]. The van der Waals surface area contributed by atoms with E-state index in [1.54, 1.807) is 0 Å². The van der Waals surface area contributed by atoms with E-state index in [0.717, 1.165) is 50.0 Å². The number of carbonyl (C=O) groups excluding carboxylic acids is 1. The molecule has 1 atom stereocenters. The van der Waals surface area contributed by atoms with Gasteiger partial charge in [-0.05, 0) is 12.8 Å². The maximum Gasteiger partial charge on any atom is 0.512 e. The standard InChI is InChI=1S/C28H50N3O4S.ClH/c1-4-6-8-10-11-12-13-14-15-17-22-34-28(32)35-24-31(3)20-18-19-25(23-31)26-27(30-36-29-26)33-21-16-9-7-5-2;/h19H,4-18,20-24H2,1-3H3;1H/q+1;/p-1. The number of aromatic nitrogens is 2. The molecule has 7 nitrogen and oxygen atoms in total. The third kappa shape index (κ3) is 14.4. The molecule has 1 unspecified atom stereocenters. The quantitative estimate of drug-likeness (QED) is 0.130. The molecule has 9 heteroatoms. The minimum atomic E-state index is -0.562. The summed E-state index contributed by atoms with van der Waals surface area (Å²) in [5.41, 5.74) is 1.95. The molecule has 0 fully saturated rings. The normalized spacial score (nSPS) is 17.1. The van der Waals surface area contributed by atoms with Crippen molar-refractivity contribution in [1.82, 2.24) is 8.75 Å². The lowest BCUT2D eigenvalue weighted by Crippen LogP contribution is -3.00. The Morgan fingerprint density at radius 1 is 0.865 bits per heavy atom. The van der Waals surface area contributed by atoms with Crippen LogP contribution in [0.2, 0.25) is 0 Å². The van der Waals surface area contributed by atoms with Crippen molar-refractivity contribution in [2.75, 3.05) is 40.1 Å². The number of hydrogen-bond donors (Lipinski definition) is 0. The van der Waals surface area contributed by atoms with E-state index < -0.39 is 6.16 Å². The molecule has 1 aromatic rings. The lowest BCUT2D eigenvalue weighted by atomic mass is 10.1. The number of ether oxygens (including phenoxy) is 3. The molecule has 0 N–H and O–H groups in total. The molecule has 1 aliphatic rings. The molecule has 0 amide bonds. The summed E-state index contributed by atoms with van der Waals surface area (Å²) in [6.07, 6.45) is 19.8. The Morgan fingerprint density at radius 3 is 2.14 bits per heavy atom. The van der Waals surface area contributed by atoms with Crippen LogP contribution in [0.5, 0.6) is 5.88 Å². The average molecular weight is 560 g/mol. The van der Waals surface area contributed by atoms with Gasteiger partial charge in [0.2, 0.25) is 6.73 Å². The van der Waals surface area contributed by atoms with Gasteiger partial charge in [0.05, 0.1) is 38.5 Å². The summed E-state index contributed by atoms with van der Waals surface area (Å²) in [6.45, 7) is 7.49. The number of nitrogens with zero attached hydrogens (tertiary/aromatic N) is 3. The van der Waals surface area contributed by atoms with Crippen LogP contribution in [0.4, 0.5) is 4.79 Å². The first-order valence-electron chi connectivity index (χ1n) is 14.4. The summed E-state index contributed by atoms with van der Waals surface area (Å²) in [4.78, 5) is 12.1. The van der Waals surface area contributed by atoms with Crippen molar-refractivity contribution in [2.24, 2.45) is 0 Å². The highest BCUT2D eigenvalue weighted by molar-refractivity contribution is 6.99. The van der Waals surface area contributed by atoms with Crippen LogP contribution >= 0.6 is 11.7 Å².